The third kappa shape index (κ3) is 2.25. The van der Waals surface area contributed by atoms with Gasteiger partial charge in [-0.25, -0.2) is 0 Å². The lowest BCUT2D eigenvalue weighted by atomic mass is 10.0. The average molecular weight is 194 g/mol. The number of hydrogen-bond donors (Lipinski definition) is 2. The van der Waals surface area contributed by atoms with Gasteiger partial charge in [0.05, 0.1) is 7.11 Å². The lowest BCUT2D eigenvalue weighted by Gasteiger charge is -2.13. The van der Waals surface area contributed by atoms with Gasteiger partial charge in [0, 0.05) is 12.6 Å². The third-order valence-electron chi connectivity index (χ3n) is 2.37. The molecule has 78 valence electrons. The summed E-state index contributed by atoms with van der Waals surface area (Å²) >= 11 is 0. The fourth-order valence-electron chi connectivity index (χ4n) is 1.44. The van der Waals surface area contributed by atoms with Gasteiger partial charge < -0.3 is 16.2 Å². The molecular weight excluding hydrogens is 176 g/mol. The summed E-state index contributed by atoms with van der Waals surface area (Å²) in [7, 11) is 1.68. The molecule has 0 spiro atoms. The van der Waals surface area contributed by atoms with Gasteiger partial charge in [-0.1, -0.05) is 19.1 Å². The zero-order valence-corrected chi connectivity index (χ0v) is 8.79. The maximum absolute atomic E-state index is 5.84. The van der Waals surface area contributed by atoms with Gasteiger partial charge >= 0.3 is 0 Å². The summed E-state index contributed by atoms with van der Waals surface area (Å²) in [4.78, 5) is 0. The summed E-state index contributed by atoms with van der Waals surface area (Å²) in [5.41, 5.74) is 13.6. The molecule has 1 aromatic rings. The van der Waals surface area contributed by atoms with Crippen LogP contribution in [0.25, 0.3) is 0 Å². The summed E-state index contributed by atoms with van der Waals surface area (Å²) in [5.74, 6) is 0.917. The Kier molecular flexibility index (Phi) is 3.92. The quantitative estimate of drug-likeness (QED) is 0.757. The number of nitrogens with two attached hydrogens (primary N) is 2. The Bertz CT molecular complexity index is 299. The van der Waals surface area contributed by atoms with Crippen molar-refractivity contribution in [3.63, 3.8) is 0 Å². The number of benzene rings is 1. The van der Waals surface area contributed by atoms with Crippen LogP contribution in [-0.2, 0) is 6.42 Å². The van der Waals surface area contributed by atoms with E-state index in [0.717, 1.165) is 17.7 Å². The molecule has 4 N–H and O–H groups in total. The molecule has 0 saturated heterocycles. The first-order chi connectivity index (χ1) is 6.72. The summed E-state index contributed by atoms with van der Waals surface area (Å²) in [5, 5.41) is 0. The lowest BCUT2D eigenvalue weighted by molar-refractivity contribution is 0.410. The molecule has 14 heavy (non-hydrogen) atoms. The van der Waals surface area contributed by atoms with Crippen molar-refractivity contribution < 1.29 is 4.74 Å². The molecule has 1 atom stereocenters. The van der Waals surface area contributed by atoms with E-state index in [4.69, 9.17) is 16.2 Å². The van der Waals surface area contributed by atoms with Crippen molar-refractivity contribution in [3.8, 4) is 5.75 Å². The molecule has 3 heteroatoms. The second-order valence-corrected chi connectivity index (χ2v) is 3.27. The second-order valence-electron chi connectivity index (χ2n) is 3.27. The van der Waals surface area contributed by atoms with Gasteiger partial charge in [0.25, 0.3) is 0 Å². The van der Waals surface area contributed by atoms with Crippen LogP contribution in [0.4, 0.5) is 0 Å². The molecule has 0 radical (unpaired) electrons. The highest BCUT2D eigenvalue weighted by molar-refractivity contribution is 5.38. The minimum absolute atomic E-state index is 0.0776. The number of methoxy groups -OCH3 is 1. The minimum Gasteiger partial charge on any atom is -0.496 e. The van der Waals surface area contributed by atoms with Gasteiger partial charge in [-0.2, -0.15) is 0 Å². The van der Waals surface area contributed by atoms with Gasteiger partial charge in [-0.15, -0.1) is 0 Å². The predicted octanol–water partition coefficient (Wildman–Crippen LogP) is 1.22. The van der Waals surface area contributed by atoms with Crippen molar-refractivity contribution in [1.82, 2.24) is 0 Å². The first kappa shape index (κ1) is 11.0. The standard InChI is InChI=1S/C11H18N2O/c1-3-8-6-9(10(13)7-12)4-5-11(8)14-2/h4-6,10H,3,7,12-13H2,1-2H3. The Morgan fingerprint density at radius 2 is 2.14 bits per heavy atom. The Hall–Kier alpha value is -1.06. The monoisotopic (exact) mass is 194 g/mol. The molecule has 0 fully saturated rings. The molecule has 1 aromatic carbocycles. The van der Waals surface area contributed by atoms with Crippen LogP contribution in [0.5, 0.6) is 5.75 Å². The first-order valence-electron chi connectivity index (χ1n) is 4.85. The number of hydrogen-bond acceptors (Lipinski definition) is 3. The maximum atomic E-state index is 5.84. The molecule has 0 bridgehead atoms. The zero-order valence-electron chi connectivity index (χ0n) is 8.79. The van der Waals surface area contributed by atoms with Crippen LogP contribution in [0.15, 0.2) is 18.2 Å². The number of rotatable bonds is 4. The van der Waals surface area contributed by atoms with Crippen LogP contribution in [0, 0.1) is 0 Å². The van der Waals surface area contributed by atoms with E-state index in [2.05, 4.69) is 13.0 Å². The van der Waals surface area contributed by atoms with Crippen LogP contribution in [0.3, 0.4) is 0 Å². The van der Waals surface area contributed by atoms with E-state index in [1.807, 2.05) is 12.1 Å². The summed E-state index contributed by atoms with van der Waals surface area (Å²) in [6, 6.07) is 5.90. The van der Waals surface area contributed by atoms with E-state index in [-0.39, 0.29) is 6.04 Å². The number of ether oxygens (including phenoxy) is 1. The molecule has 1 rings (SSSR count). The van der Waals surface area contributed by atoms with Crippen molar-refractivity contribution in [2.75, 3.05) is 13.7 Å². The third-order valence-corrected chi connectivity index (χ3v) is 2.37. The minimum atomic E-state index is -0.0776. The van der Waals surface area contributed by atoms with Gasteiger partial charge in [0.2, 0.25) is 0 Å². The van der Waals surface area contributed by atoms with Crippen molar-refractivity contribution >= 4 is 0 Å². The normalized spacial score (nSPS) is 12.6. The van der Waals surface area contributed by atoms with Crippen molar-refractivity contribution in [1.29, 1.82) is 0 Å². The van der Waals surface area contributed by atoms with Gasteiger partial charge in [0.1, 0.15) is 5.75 Å². The van der Waals surface area contributed by atoms with Crippen molar-refractivity contribution in [3.05, 3.63) is 29.3 Å². The predicted molar refractivity (Wildman–Crippen MR) is 58.4 cm³/mol. The Labute approximate surface area is 85.0 Å². The summed E-state index contributed by atoms with van der Waals surface area (Å²) in [6.45, 7) is 2.56. The summed E-state index contributed by atoms with van der Waals surface area (Å²) < 4.78 is 5.23. The molecule has 0 amide bonds. The van der Waals surface area contributed by atoms with Crippen LogP contribution < -0.4 is 16.2 Å². The molecule has 0 aliphatic rings. The van der Waals surface area contributed by atoms with Gasteiger partial charge in [-0.05, 0) is 23.6 Å². The van der Waals surface area contributed by atoms with Crippen LogP contribution in [0.1, 0.15) is 24.1 Å². The van der Waals surface area contributed by atoms with Crippen LogP contribution >= 0.6 is 0 Å². The first-order valence-corrected chi connectivity index (χ1v) is 4.85. The topological polar surface area (TPSA) is 61.3 Å². The Morgan fingerprint density at radius 3 is 2.64 bits per heavy atom. The molecule has 0 aromatic heterocycles. The molecule has 3 nitrogen and oxygen atoms in total. The highest BCUT2D eigenvalue weighted by atomic mass is 16.5. The molecule has 0 heterocycles. The molecule has 0 aliphatic carbocycles. The van der Waals surface area contributed by atoms with E-state index >= 15 is 0 Å². The number of aryl methyl sites for hydroxylation is 1. The van der Waals surface area contributed by atoms with Gasteiger partial charge in [0.15, 0.2) is 0 Å². The second kappa shape index (κ2) is 4.98. The molecule has 1 unspecified atom stereocenters. The molecular formula is C11H18N2O. The fourth-order valence-corrected chi connectivity index (χ4v) is 1.44. The molecule has 0 saturated carbocycles. The SMILES string of the molecule is CCc1cc(C(N)CN)ccc1OC. The van der Waals surface area contributed by atoms with E-state index in [1.54, 1.807) is 7.11 Å². The smallest absolute Gasteiger partial charge is 0.122 e. The Morgan fingerprint density at radius 1 is 1.43 bits per heavy atom. The largest absolute Gasteiger partial charge is 0.496 e. The van der Waals surface area contributed by atoms with Crippen molar-refractivity contribution in [2.24, 2.45) is 11.5 Å². The van der Waals surface area contributed by atoms with E-state index in [1.165, 1.54) is 5.56 Å². The van der Waals surface area contributed by atoms with E-state index in [9.17, 15) is 0 Å². The maximum Gasteiger partial charge on any atom is 0.122 e. The Balaban J connectivity index is 3.01. The van der Waals surface area contributed by atoms with Crippen LogP contribution in [-0.4, -0.2) is 13.7 Å². The lowest BCUT2D eigenvalue weighted by Crippen LogP contribution is -2.20. The highest BCUT2D eigenvalue weighted by Crippen LogP contribution is 2.22. The van der Waals surface area contributed by atoms with Gasteiger partial charge in [-0.3, -0.25) is 0 Å². The zero-order chi connectivity index (χ0) is 10.6. The average Bonchev–Trinajstić information content (AvgIpc) is 2.26. The van der Waals surface area contributed by atoms with Crippen LogP contribution in [0.2, 0.25) is 0 Å². The van der Waals surface area contributed by atoms with Crippen molar-refractivity contribution in [2.45, 2.75) is 19.4 Å². The fraction of sp³-hybridized carbons (Fsp3) is 0.455. The van der Waals surface area contributed by atoms with E-state index in [0.29, 0.717) is 6.54 Å². The highest BCUT2D eigenvalue weighted by Gasteiger charge is 2.07. The molecule has 0 aliphatic heterocycles. The van der Waals surface area contributed by atoms with E-state index < -0.39 is 0 Å². The summed E-state index contributed by atoms with van der Waals surface area (Å²) in [6.07, 6.45) is 0.939.